The Balaban J connectivity index is 1.04. The Hall–Kier alpha value is -5.51. The zero-order chi connectivity index (χ0) is 30.2. The van der Waals surface area contributed by atoms with E-state index < -0.39 is 18.0 Å². The van der Waals surface area contributed by atoms with E-state index in [1.807, 2.05) is 42.5 Å². The summed E-state index contributed by atoms with van der Waals surface area (Å²) >= 11 is 0. The molecule has 3 heterocycles. The summed E-state index contributed by atoms with van der Waals surface area (Å²) in [6.07, 6.45) is 3.43. The maximum absolute atomic E-state index is 13.4. The lowest BCUT2D eigenvalue weighted by Gasteiger charge is -2.33. The minimum Gasteiger partial charge on any atom is -0.448 e. The summed E-state index contributed by atoms with van der Waals surface area (Å²) < 4.78 is 7.46. The Morgan fingerprint density at radius 1 is 0.864 bits per heavy atom. The molecule has 3 N–H and O–H groups in total. The van der Waals surface area contributed by atoms with Crippen LogP contribution in [0.2, 0.25) is 0 Å². The molecule has 1 fully saturated rings. The highest BCUT2D eigenvalue weighted by Crippen LogP contribution is 2.44. The standard InChI is InChI=1S/C34H30N6O4/c35-31(41)22-14-12-21(13-15-22)23-16-17-30-36-33(38-40(30)19-23)37-32(42)29-11-5-6-18-39(29)34(43)44-20-28-26-9-3-1-7-24(26)25-8-2-4-10-27(25)28/h1-4,7-10,12-17,19,28-29H,5-6,11,18,20H2,(H2,35,41)(H,37,38,42)/t29-/m0/s1. The van der Waals surface area contributed by atoms with Gasteiger partial charge in [-0.2, -0.15) is 4.98 Å². The number of nitrogens with zero attached hydrogens (tertiary/aromatic N) is 4. The molecule has 0 radical (unpaired) electrons. The molecule has 2 aromatic heterocycles. The molecule has 1 saturated heterocycles. The van der Waals surface area contributed by atoms with Gasteiger partial charge in [0.1, 0.15) is 12.6 Å². The highest BCUT2D eigenvalue weighted by molar-refractivity contribution is 5.95. The highest BCUT2D eigenvalue weighted by atomic mass is 16.6. The van der Waals surface area contributed by atoms with E-state index in [0.29, 0.717) is 24.2 Å². The first kappa shape index (κ1) is 27.3. The maximum atomic E-state index is 13.4. The molecule has 220 valence electrons. The molecule has 0 bridgehead atoms. The zero-order valence-electron chi connectivity index (χ0n) is 23.8. The number of benzene rings is 3. The van der Waals surface area contributed by atoms with Crippen LogP contribution in [0.5, 0.6) is 0 Å². The van der Waals surface area contributed by atoms with Crippen LogP contribution in [-0.2, 0) is 9.53 Å². The SMILES string of the molecule is NC(=O)c1ccc(-c2ccc3nc(NC(=O)[C@@H]4CCCCN4C(=O)OCC4c5ccccc5-c5ccccc54)nn3c2)cc1. The van der Waals surface area contributed by atoms with Gasteiger partial charge >= 0.3 is 6.09 Å². The van der Waals surface area contributed by atoms with Crippen LogP contribution in [0.3, 0.4) is 0 Å². The third kappa shape index (κ3) is 5.04. The van der Waals surface area contributed by atoms with E-state index in [9.17, 15) is 14.4 Å². The smallest absolute Gasteiger partial charge is 0.410 e. The van der Waals surface area contributed by atoms with Gasteiger partial charge in [0.05, 0.1) is 0 Å². The van der Waals surface area contributed by atoms with Crippen molar-refractivity contribution in [2.45, 2.75) is 31.2 Å². The third-order valence-corrected chi connectivity index (χ3v) is 8.44. The van der Waals surface area contributed by atoms with Crippen LogP contribution < -0.4 is 11.1 Å². The third-order valence-electron chi connectivity index (χ3n) is 8.44. The second kappa shape index (κ2) is 11.3. The molecular weight excluding hydrogens is 556 g/mol. The molecule has 0 spiro atoms. The summed E-state index contributed by atoms with van der Waals surface area (Å²) in [5, 5.41) is 7.25. The number of likely N-dealkylation sites (tertiary alicyclic amines) is 1. The monoisotopic (exact) mass is 586 g/mol. The van der Waals surface area contributed by atoms with Gasteiger partial charge in [0, 0.05) is 29.8 Å². The first-order valence-corrected chi connectivity index (χ1v) is 14.7. The zero-order valence-corrected chi connectivity index (χ0v) is 23.8. The molecule has 3 amide bonds. The van der Waals surface area contributed by atoms with Crippen molar-refractivity contribution in [1.82, 2.24) is 19.5 Å². The number of hydrogen-bond donors (Lipinski definition) is 2. The van der Waals surface area contributed by atoms with Gasteiger partial charge in [-0.15, -0.1) is 5.10 Å². The van der Waals surface area contributed by atoms with Crippen molar-refractivity contribution in [2.75, 3.05) is 18.5 Å². The summed E-state index contributed by atoms with van der Waals surface area (Å²) in [5.74, 6) is -0.749. The number of anilines is 1. The maximum Gasteiger partial charge on any atom is 0.410 e. The van der Waals surface area contributed by atoms with Crippen LogP contribution in [0.15, 0.2) is 91.1 Å². The summed E-state index contributed by atoms with van der Waals surface area (Å²) in [6.45, 7) is 0.630. The molecular formula is C34H30N6O4. The molecule has 5 aromatic rings. The number of fused-ring (bicyclic) bond motifs is 4. The van der Waals surface area contributed by atoms with E-state index in [0.717, 1.165) is 46.2 Å². The second-order valence-electron chi connectivity index (χ2n) is 11.1. The molecule has 0 saturated carbocycles. The number of nitrogens with one attached hydrogen (secondary N) is 1. The summed E-state index contributed by atoms with van der Waals surface area (Å²) in [5.41, 5.74) is 12.6. The number of aromatic nitrogens is 3. The predicted molar refractivity (Wildman–Crippen MR) is 165 cm³/mol. The average molecular weight is 587 g/mol. The number of carbonyl (C=O) groups excluding carboxylic acids is 3. The van der Waals surface area contributed by atoms with Crippen molar-refractivity contribution in [3.05, 3.63) is 108 Å². The quantitative estimate of drug-likeness (QED) is 0.280. The van der Waals surface area contributed by atoms with Crippen molar-refractivity contribution < 1.29 is 19.1 Å². The summed E-state index contributed by atoms with van der Waals surface area (Å²) in [6, 6.07) is 26.3. The average Bonchev–Trinajstić information content (AvgIpc) is 3.61. The van der Waals surface area contributed by atoms with Gasteiger partial charge in [0.15, 0.2) is 5.65 Å². The van der Waals surface area contributed by atoms with E-state index in [4.69, 9.17) is 10.5 Å². The van der Waals surface area contributed by atoms with Crippen molar-refractivity contribution in [3.63, 3.8) is 0 Å². The predicted octanol–water partition coefficient (Wildman–Crippen LogP) is 5.24. The van der Waals surface area contributed by atoms with Crippen LogP contribution in [0.4, 0.5) is 10.7 Å². The lowest BCUT2D eigenvalue weighted by Crippen LogP contribution is -2.50. The molecule has 0 unspecified atom stereocenters. The van der Waals surface area contributed by atoms with Gasteiger partial charge < -0.3 is 10.5 Å². The number of carbonyl (C=O) groups is 3. The summed E-state index contributed by atoms with van der Waals surface area (Å²) in [4.78, 5) is 44.2. The van der Waals surface area contributed by atoms with Gasteiger partial charge in [-0.25, -0.2) is 9.31 Å². The number of ether oxygens (including phenoxy) is 1. The van der Waals surface area contributed by atoms with Crippen LogP contribution in [0, 0.1) is 0 Å². The number of rotatable bonds is 6. The van der Waals surface area contributed by atoms with Gasteiger partial charge in [0.25, 0.3) is 0 Å². The minimum atomic E-state index is -0.689. The minimum absolute atomic E-state index is 0.0587. The van der Waals surface area contributed by atoms with Crippen LogP contribution in [0.1, 0.15) is 46.7 Å². The highest BCUT2D eigenvalue weighted by Gasteiger charge is 2.35. The van der Waals surface area contributed by atoms with Gasteiger partial charge in [0.2, 0.25) is 17.8 Å². The molecule has 44 heavy (non-hydrogen) atoms. The lowest BCUT2D eigenvalue weighted by molar-refractivity contribution is -0.122. The van der Waals surface area contributed by atoms with Crippen LogP contribution in [-0.4, -0.2) is 56.6 Å². The van der Waals surface area contributed by atoms with E-state index in [2.05, 4.69) is 39.7 Å². The van der Waals surface area contributed by atoms with Crippen molar-refractivity contribution in [1.29, 1.82) is 0 Å². The van der Waals surface area contributed by atoms with Crippen molar-refractivity contribution in [2.24, 2.45) is 5.73 Å². The Bertz CT molecular complexity index is 1850. The van der Waals surface area contributed by atoms with Gasteiger partial charge in [-0.1, -0.05) is 60.7 Å². The Morgan fingerprint density at radius 3 is 2.25 bits per heavy atom. The molecule has 2 aliphatic rings. The summed E-state index contributed by atoms with van der Waals surface area (Å²) in [7, 11) is 0. The molecule has 10 nitrogen and oxygen atoms in total. The van der Waals surface area contributed by atoms with Crippen molar-refractivity contribution >= 4 is 29.5 Å². The fraction of sp³-hybridized carbons (Fsp3) is 0.206. The number of nitrogens with two attached hydrogens (primary N) is 1. The Labute approximate surface area is 253 Å². The van der Waals surface area contributed by atoms with E-state index >= 15 is 0 Å². The Kier molecular flexibility index (Phi) is 7.01. The number of pyridine rings is 1. The van der Waals surface area contributed by atoms with E-state index in [1.165, 1.54) is 4.90 Å². The van der Waals surface area contributed by atoms with Gasteiger partial charge in [-0.3, -0.25) is 19.8 Å². The van der Waals surface area contributed by atoms with Crippen molar-refractivity contribution in [3.8, 4) is 22.3 Å². The largest absolute Gasteiger partial charge is 0.448 e. The number of piperidine rings is 1. The topological polar surface area (TPSA) is 132 Å². The normalized spacial score (nSPS) is 15.9. The number of primary amides is 1. The van der Waals surface area contributed by atoms with E-state index in [1.54, 1.807) is 28.9 Å². The van der Waals surface area contributed by atoms with Crippen LogP contribution in [0.25, 0.3) is 27.9 Å². The molecule has 1 aliphatic heterocycles. The van der Waals surface area contributed by atoms with E-state index in [-0.39, 0.29) is 24.4 Å². The molecule has 10 heteroatoms. The fourth-order valence-electron chi connectivity index (χ4n) is 6.23. The fourth-order valence-corrected chi connectivity index (χ4v) is 6.23. The Morgan fingerprint density at radius 2 is 1.55 bits per heavy atom. The first-order chi connectivity index (χ1) is 21.5. The molecule has 3 aromatic carbocycles. The first-order valence-electron chi connectivity index (χ1n) is 14.7. The number of amides is 3. The van der Waals surface area contributed by atoms with Crippen LogP contribution >= 0.6 is 0 Å². The molecule has 1 atom stereocenters. The second-order valence-corrected chi connectivity index (χ2v) is 11.1. The molecule has 1 aliphatic carbocycles. The lowest BCUT2D eigenvalue weighted by atomic mass is 9.98. The number of hydrogen-bond acceptors (Lipinski definition) is 6. The van der Waals surface area contributed by atoms with Gasteiger partial charge in [-0.05, 0) is 71.3 Å². The molecule has 7 rings (SSSR count).